The fourth-order valence-corrected chi connectivity index (χ4v) is 2.82. The van der Waals surface area contributed by atoms with Crippen LogP contribution < -0.4 is 4.74 Å². The van der Waals surface area contributed by atoms with Crippen molar-refractivity contribution in [2.75, 3.05) is 7.11 Å². The smallest absolute Gasteiger partial charge is 0.120 e. The highest BCUT2D eigenvalue weighted by Gasteiger charge is 2.06. The van der Waals surface area contributed by atoms with E-state index in [0.717, 1.165) is 18.5 Å². The number of rotatable bonds is 2. The van der Waals surface area contributed by atoms with Crippen LogP contribution in [0.4, 0.5) is 4.39 Å². The van der Waals surface area contributed by atoms with Gasteiger partial charge in [-0.05, 0) is 57.3 Å². The van der Waals surface area contributed by atoms with E-state index in [1.54, 1.807) is 7.11 Å². The molecule has 0 radical (unpaired) electrons. The molecule has 0 saturated heterocycles. The van der Waals surface area contributed by atoms with Crippen LogP contribution >= 0.6 is 45.2 Å². The van der Waals surface area contributed by atoms with E-state index < -0.39 is 6.67 Å². The first kappa shape index (κ1) is 10.5. The van der Waals surface area contributed by atoms with Crippen LogP contribution in [0.5, 0.6) is 5.75 Å². The minimum absolute atomic E-state index is 0.416. The lowest BCUT2D eigenvalue weighted by molar-refractivity contribution is 0.413. The number of hydrogen-bond donors (Lipinski definition) is 0. The van der Waals surface area contributed by atoms with Gasteiger partial charge in [-0.1, -0.05) is 0 Å². The van der Waals surface area contributed by atoms with Crippen molar-refractivity contribution < 1.29 is 9.13 Å². The Hall–Kier alpha value is 0.410. The average molecular weight is 392 g/mol. The summed E-state index contributed by atoms with van der Waals surface area (Å²) in [5, 5.41) is 0. The molecule has 0 fully saturated rings. The Balaban J connectivity index is 3.18. The minimum Gasteiger partial charge on any atom is -0.497 e. The highest BCUT2D eigenvalue weighted by atomic mass is 127. The maximum Gasteiger partial charge on any atom is 0.120 e. The highest BCUT2D eigenvalue weighted by Crippen LogP contribution is 2.25. The number of benzene rings is 1. The number of methoxy groups -OCH3 is 1. The molecule has 0 spiro atoms. The number of hydrogen-bond acceptors (Lipinski definition) is 1. The van der Waals surface area contributed by atoms with Crippen LogP contribution in [-0.2, 0) is 6.67 Å². The summed E-state index contributed by atoms with van der Waals surface area (Å²) in [6.45, 7) is -0.416. The summed E-state index contributed by atoms with van der Waals surface area (Å²) in [7, 11) is 1.61. The predicted molar refractivity (Wildman–Crippen MR) is 63.2 cm³/mol. The average Bonchev–Trinajstić information content (AvgIpc) is 2.03. The van der Waals surface area contributed by atoms with Crippen molar-refractivity contribution in [3.63, 3.8) is 0 Å². The Morgan fingerprint density at radius 3 is 2.17 bits per heavy atom. The van der Waals surface area contributed by atoms with Gasteiger partial charge in [0.2, 0.25) is 0 Å². The zero-order valence-electron chi connectivity index (χ0n) is 6.40. The zero-order chi connectivity index (χ0) is 9.14. The van der Waals surface area contributed by atoms with Gasteiger partial charge in [0.1, 0.15) is 12.4 Å². The molecule has 0 aliphatic heterocycles. The molecule has 0 aliphatic rings. The lowest BCUT2D eigenvalue weighted by Gasteiger charge is -2.06. The highest BCUT2D eigenvalue weighted by molar-refractivity contribution is 14.1. The van der Waals surface area contributed by atoms with E-state index in [0.29, 0.717) is 0 Å². The fraction of sp³-hybridized carbons (Fsp3) is 0.250. The largest absolute Gasteiger partial charge is 0.497 e. The van der Waals surface area contributed by atoms with Crippen LogP contribution in [0.2, 0.25) is 0 Å². The molecule has 66 valence electrons. The first-order valence-electron chi connectivity index (χ1n) is 3.27. The molecule has 0 heterocycles. The molecule has 0 bridgehead atoms. The van der Waals surface area contributed by atoms with Gasteiger partial charge in [0.05, 0.1) is 7.11 Å². The monoisotopic (exact) mass is 392 g/mol. The molecular formula is C8H7FI2O. The van der Waals surface area contributed by atoms with Gasteiger partial charge in [-0.2, -0.15) is 0 Å². The Labute approximate surface area is 98.0 Å². The van der Waals surface area contributed by atoms with Crippen LogP contribution in [0.3, 0.4) is 0 Å². The first-order chi connectivity index (χ1) is 5.69. The van der Waals surface area contributed by atoms with Gasteiger partial charge >= 0.3 is 0 Å². The molecule has 1 aromatic carbocycles. The first-order valence-corrected chi connectivity index (χ1v) is 5.42. The summed E-state index contributed by atoms with van der Waals surface area (Å²) in [6.07, 6.45) is 0. The summed E-state index contributed by atoms with van der Waals surface area (Å²) in [5.74, 6) is 0.779. The van der Waals surface area contributed by atoms with Gasteiger partial charge in [-0.25, -0.2) is 4.39 Å². The minimum atomic E-state index is -0.416. The van der Waals surface area contributed by atoms with Crippen molar-refractivity contribution in [3.05, 3.63) is 24.8 Å². The van der Waals surface area contributed by atoms with Gasteiger partial charge in [-0.3, -0.25) is 0 Å². The molecular weight excluding hydrogens is 385 g/mol. The normalized spacial score (nSPS) is 10.0. The van der Waals surface area contributed by atoms with Gasteiger partial charge in [0.15, 0.2) is 0 Å². The molecule has 0 saturated carbocycles. The second-order valence-electron chi connectivity index (χ2n) is 2.20. The van der Waals surface area contributed by atoms with E-state index in [9.17, 15) is 4.39 Å². The third-order valence-electron chi connectivity index (χ3n) is 1.48. The SMILES string of the molecule is COc1cc(I)c(CF)c(I)c1. The van der Waals surface area contributed by atoms with Crippen molar-refractivity contribution in [2.24, 2.45) is 0 Å². The Morgan fingerprint density at radius 1 is 1.33 bits per heavy atom. The van der Waals surface area contributed by atoms with Gasteiger partial charge in [-0.15, -0.1) is 0 Å². The van der Waals surface area contributed by atoms with E-state index in [1.165, 1.54) is 0 Å². The number of halogens is 3. The molecule has 0 N–H and O–H groups in total. The third-order valence-corrected chi connectivity index (χ3v) is 3.41. The van der Waals surface area contributed by atoms with E-state index >= 15 is 0 Å². The van der Waals surface area contributed by atoms with Crippen LogP contribution in [-0.4, -0.2) is 7.11 Å². The molecule has 12 heavy (non-hydrogen) atoms. The second kappa shape index (κ2) is 4.59. The molecule has 0 aliphatic carbocycles. The van der Waals surface area contributed by atoms with Crippen molar-refractivity contribution >= 4 is 45.2 Å². The van der Waals surface area contributed by atoms with Crippen LogP contribution in [0.15, 0.2) is 12.1 Å². The molecule has 1 rings (SSSR count). The van der Waals surface area contributed by atoms with E-state index in [4.69, 9.17) is 4.74 Å². The van der Waals surface area contributed by atoms with Crippen LogP contribution in [0.25, 0.3) is 0 Å². The third kappa shape index (κ3) is 2.21. The Morgan fingerprint density at radius 2 is 1.83 bits per heavy atom. The van der Waals surface area contributed by atoms with Crippen LogP contribution in [0.1, 0.15) is 5.56 Å². The summed E-state index contributed by atoms with van der Waals surface area (Å²) in [4.78, 5) is 0. The standard InChI is InChI=1S/C8H7FI2O/c1-12-5-2-7(10)6(4-9)8(11)3-5/h2-3H,4H2,1H3. The number of alkyl halides is 1. The molecule has 1 aromatic rings. The van der Waals surface area contributed by atoms with Gasteiger partial charge in [0.25, 0.3) is 0 Å². The van der Waals surface area contributed by atoms with Crippen molar-refractivity contribution in [3.8, 4) is 5.75 Å². The Bertz CT molecular complexity index is 265. The van der Waals surface area contributed by atoms with Crippen molar-refractivity contribution in [1.29, 1.82) is 0 Å². The van der Waals surface area contributed by atoms with E-state index in [1.807, 2.05) is 12.1 Å². The molecule has 0 aromatic heterocycles. The summed E-state index contributed by atoms with van der Waals surface area (Å²) in [6, 6.07) is 3.66. The summed E-state index contributed by atoms with van der Waals surface area (Å²) in [5.41, 5.74) is 0.747. The quantitative estimate of drug-likeness (QED) is 0.702. The number of ether oxygens (including phenoxy) is 1. The molecule has 4 heteroatoms. The Kier molecular flexibility index (Phi) is 4.01. The summed E-state index contributed by atoms with van der Waals surface area (Å²) >= 11 is 4.22. The molecule has 1 nitrogen and oxygen atoms in total. The molecule has 0 unspecified atom stereocenters. The van der Waals surface area contributed by atoms with Crippen LogP contribution in [0, 0.1) is 7.14 Å². The molecule has 0 atom stereocenters. The van der Waals surface area contributed by atoms with E-state index in [-0.39, 0.29) is 0 Å². The van der Waals surface area contributed by atoms with Gasteiger partial charge in [0, 0.05) is 12.7 Å². The fourth-order valence-electron chi connectivity index (χ4n) is 0.825. The predicted octanol–water partition coefficient (Wildman–Crippen LogP) is 3.37. The lowest BCUT2D eigenvalue weighted by atomic mass is 10.2. The molecule has 0 amide bonds. The lowest BCUT2D eigenvalue weighted by Crippen LogP contribution is -1.92. The zero-order valence-corrected chi connectivity index (χ0v) is 10.7. The maximum absolute atomic E-state index is 12.4. The van der Waals surface area contributed by atoms with Crippen molar-refractivity contribution in [2.45, 2.75) is 6.67 Å². The summed E-state index contributed by atoms with van der Waals surface area (Å²) < 4.78 is 19.3. The topological polar surface area (TPSA) is 9.23 Å². The van der Waals surface area contributed by atoms with Crippen molar-refractivity contribution in [1.82, 2.24) is 0 Å². The maximum atomic E-state index is 12.4. The van der Waals surface area contributed by atoms with Gasteiger partial charge < -0.3 is 4.74 Å². The second-order valence-corrected chi connectivity index (χ2v) is 4.53. The van der Waals surface area contributed by atoms with E-state index in [2.05, 4.69) is 45.2 Å².